The molecule has 6 N–H and O–H groups in total. The Balaban J connectivity index is 1.20. The summed E-state index contributed by atoms with van der Waals surface area (Å²) in [4.78, 5) is 34.7. The van der Waals surface area contributed by atoms with Crippen LogP contribution >= 0.6 is 26.9 Å². The summed E-state index contributed by atoms with van der Waals surface area (Å²) >= 11 is 4.04. The second kappa shape index (κ2) is 10.9. The van der Waals surface area contributed by atoms with Crippen LogP contribution in [0.2, 0.25) is 0 Å². The molecule has 4 aromatic heterocycles. The quantitative estimate of drug-likeness (QED) is 0.141. The highest BCUT2D eigenvalue weighted by atomic mass is 32.7. The van der Waals surface area contributed by atoms with Crippen molar-refractivity contribution in [2.24, 2.45) is 0 Å². The molecule has 0 amide bonds. The third-order valence-electron chi connectivity index (χ3n) is 7.22. The highest BCUT2D eigenvalue weighted by molar-refractivity contribution is 8.44. The molecule has 0 saturated carbocycles. The standard InChI is InChI=1S/C20H23FN10O10P2S/c21-9-13-8(39-19(9)30-5-28-10-15(22)24-3-26-17(10)30)2-37-43(35,44)41-14-12(32)7(1-36-42(33,34)40-13)38-20(14)31-6-29-11-16(23)25-4-27-18(11)31/h3-9,12-14,19-20,32H,1-2H2,(H,33,34)(H,35,44)(H2,22,24,26)(H2,23,25,27)/t7-,8-,9?,12?,13?,14?,19-,20-,43+/m1/s1. The topological polar surface area (TPSA) is 269 Å². The molecule has 3 aliphatic heterocycles. The fourth-order valence-corrected chi connectivity index (χ4v) is 7.60. The molecule has 4 aromatic rings. The average Bonchev–Trinajstić information content (AvgIpc) is 3.73. The van der Waals surface area contributed by atoms with Crippen molar-refractivity contribution in [2.75, 3.05) is 24.7 Å². The number of phosphoric ester groups is 1. The van der Waals surface area contributed by atoms with Crippen LogP contribution in [0, 0.1) is 0 Å². The Kier molecular flexibility index (Phi) is 7.37. The maximum Gasteiger partial charge on any atom is 0.472 e. The van der Waals surface area contributed by atoms with Crippen molar-refractivity contribution in [3.63, 3.8) is 0 Å². The third kappa shape index (κ3) is 5.14. The number of aliphatic hydroxyl groups excluding tert-OH is 1. The van der Waals surface area contributed by atoms with E-state index >= 15 is 4.39 Å². The predicted octanol–water partition coefficient (Wildman–Crippen LogP) is 0.280. The van der Waals surface area contributed by atoms with Crippen molar-refractivity contribution < 1.29 is 51.1 Å². The largest absolute Gasteiger partial charge is 0.472 e. The number of fused-ring (bicyclic) bond motifs is 5. The smallest absolute Gasteiger partial charge is 0.387 e. The minimum Gasteiger partial charge on any atom is -0.387 e. The lowest BCUT2D eigenvalue weighted by Crippen LogP contribution is -2.35. The molecule has 0 radical (unpaired) electrons. The van der Waals surface area contributed by atoms with Gasteiger partial charge in [-0.15, -0.1) is 0 Å². The van der Waals surface area contributed by atoms with Crippen molar-refractivity contribution in [3.05, 3.63) is 25.3 Å². The van der Waals surface area contributed by atoms with E-state index in [1.54, 1.807) is 0 Å². The van der Waals surface area contributed by atoms with E-state index in [4.69, 9.17) is 39.0 Å². The number of hydrogen-bond acceptors (Lipinski definition) is 17. The summed E-state index contributed by atoms with van der Waals surface area (Å²) < 4.78 is 78.0. The van der Waals surface area contributed by atoms with Crippen LogP contribution in [0.3, 0.4) is 0 Å². The SMILES string of the molecule is Nc1ncnc2c1ncn2[C@@H]1O[C@@H]2CO[P@](=O)(S)OC3C(O)[C@@H](COP(=O)(O)OC2C1F)O[C@H]3n1cnc2c(N)ncnc21. The number of imidazole rings is 2. The number of aliphatic hydroxyl groups is 1. The Morgan fingerprint density at radius 1 is 0.841 bits per heavy atom. The molecule has 3 saturated heterocycles. The third-order valence-corrected chi connectivity index (χ3v) is 9.82. The van der Waals surface area contributed by atoms with Crippen LogP contribution in [0.1, 0.15) is 12.5 Å². The van der Waals surface area contributed by atoms with Gasteiger partial charge in [-0.3, -0.25) is 27.2 Å². The Morgan fingerprint density at radius 2 is 1.41 bits per heavy atom. The minimum atomic E-state index is -5.06. The van der Waals surface area contributed by atoms with E-state index < -0.39 is 77.0 Å². The molecule has 10 atom stereocenters. The van der Waals surface area contributed by atoms with Gasteiger partial charge in [-0.25, -0.2) is 43.4 Å². The lowest BCUT2D eigenvalue weighted by molar-refractivity contribution is -0.0619. The first-order valence-electron chi connectivity index (χ1n) is 12.7. The number of halogens is 1. The molecular weight excluding hydrogens is 653 g/mol. The molecule has 20 nitrogen and oxygen atoms in total. The van der Waals surface area contributed by atoms with Gasteiger partial charge in [0.15, 0.2) is 41.6 Å². The van der Waals surface area contributed by atoms with E-state index in [1.807, 2.05) is 0 Å². The number of hydrogen-bond donors (Lipinski definition) is 5. The highest BCUT2D eigenvalue weighted by Gasteiger charge is 2.54. The fraction of sp³-hybridized carbons (Fsp3) is 0.500. The Hall–Kier alpha value is -2.88. The molecule has 5 unspecified atom stereocenters. The summed E-state index contributed by atoms with van der Waals surface area (Å²) in [7, 11) is -5.06. The molecule has 3 fully saturated rings. The van der Waals surface area contributed by atoms with Crippen LogP contribution in [0.15, 0.2) is 25.3 Å². The summed E-state index contributed by atoms with van der Waals surface area (Å²) in [5, 5.41) is 11.1. The van der Waals surface area contributed by atoms with Gasteiger partial charge in [-0.1, -0.05) is 12.2 Å². The Bertz CT molecular complexity index is 1830. The molecule has 2 bridgehead atoms. The Morgan fingerprint density at radius 3 is 2.05 bits per heavy atom. The van der Waals surface area contributed by atoms with Crippen molar-refractivity contribution in [2.45, 2.75) is 49.1 Å². The van der Waals surface area contributed by atoms with Gasteiger partial charge in [-0.05, 0) is 0 Å². The first-order chi connectivity index (χ1) is 20.9. The van der Waals surface area contributed by atoms with Gasteiger partial charge in [0.05, 0.1) is 25.9 Å². The van der Waals surface area contributed by atoms with Crippen LogP contribution in [0.5, 0.6) is 0 Å². The van der Waals surface area contributed by atoms with Gasteiger partial charge in [0.1, 0.15) is 54.2 Å². The first-order valence-corrected chi connectivity index (χ1v) is 16.9. The van der Waals surface area contributed by atoms with Crippen molar-refractivity contribution in [3.8, 4) is 0 Å². The molecule has 0 spiro atoms. The average molecular weight is 676 g/mol. The zero-order valence-corrected chi connectivity index (χ0v) is 24.6. The van der Waals surface area contributed by atoms with Crippen molar-refractivity contribution in [1.29, 1.82) is 0 Å². The summed E-state index contributed by atoms with van der Waals surface area (Å²) in [6, 6.07) is 0. The van der Waals surface area contributed by atoms with Crippen LogP contribution in [0.4, 0.5) is 16.0 Å². The lowest BCUT2D eigenvalue weighted by atomic mass is 10.1. The molecule has 24 heteroatoms. The molecule has 0 aliphatic carbocycles. The summed E-state index contributed by atoms with van der Waals surface area (Å²) in [6.45, 7) is -5.84. The number of nitrogens with zero attached hydrogens (tertiary/aromatic N) is 8. The highest BCUT2D eigenvalue weighted by Crippen LogP contribution is 2.58. The van der Waals surface area contributed by atoms with E-state index in [1.165, 1.54) is 28.1 Å². The maximum atomic E-state index is 15.9. The Labute approximate surface area is 250 Å². The van der Waals surface area contributed by atoms with E-state index in [2.05, 4.69) is 42.2 Å². The predicted molar refractivity (Wildman–Crippen MR) is 146 cm³/mol. The normalized spacial score (nSPS) is 38.3. The number of rotatable bonds is 2. The van der Waals surface area contributed by atoms with E-state index in [-0.39, 0.29) is 34.0 Å². The van der Waals surface area contributed by atoms with Gasteiger partial charge in [0.2, 0.25) is 0 Å². The van der Waals surface area contributed by atoms with Crippen LogP contribution in [-0.4, -0.2) is 98.9 Å². The maximum absolute atomic E-state index is 15.9. The number of alkyl halides is 1. The van der Waals surface area contributed by atoms with E-state index in [9.17, 15) is 19.1 Å². The van der Waals surface area contributed by atoms with Gasteiger partial charge in [0, 0.05) is 0 Å². The number of anilines is 2. The number of nitrogens with two attached hydrogens (primary N) is 2. The van der Waals surface area contributed by atoms with E-state index in [0.29, 0.717) is 0 Å². The molecule has 7 rings (SSSR count). The zero-order valence-electron chi connectivity index (χ0n) is 22.0. The number of phosphoric acid groups is 1. The van der Waals surface area contributed by atoms with Gasteiger partial charge in [0.25, 0.3) is 0 Å². The monoisotopic (exact) mass is 676 g/mol. The molecular formula is C20H23FN10O10P2S. The molecule has 0 aromatic carbocycles. The summed E-state index contributed by atoms with van der Waals surface area (Å²) in [5.74, 6) is 0.0891. The first kappa shape index (κ1) is 29.8. The van der Waals surface area contributed by atoms with Gasteiger partial charge >= 0.3 is 14.6 Å². The lowest BCUT2D eigenvalue weighted by Gasteiger charge is -2.26. The summed E-state index contributed by atoms with van der Waals surface area (Å²) in [6.07, 6.45) is -7.80. The second-order valence-electron chi connectivity index (χ2n) is 9.90. The van der Waals surface area contributed by atoms with Gasteiger partial charge in [-0.2, -0.15) is 0 Å². The fourth-order valence-electron chi connectivity index (χ4n) is 5.19. The molecule has 236 valence electrons. The minimum absolute atomic E-state index is 0.0302. The number of nitrogen functional groups attached to an aromatic ring is 2. The van der Waals surface area contributed by atoms with Crippen molar-refractivity contribution >= 4 is 60.8 Å². The number of aromatic nitrogens is 8. The second-order valence-corrected chi connectivity index (χ2v) is 14.2. The number of thiol groups is 1. The van der Waals surface area contributed by atoms with Crippen LogP contribution in [-0.2, 0) is 36.7 Å². The molecule has 44 heavy (non-hydrogen) atoms. The van der Waals surface area contributed by atoms with Gasteiger partial charge < -0.3 is 30.9 Å². The van der Waals surface area contributed by atoms with Crippen LogP contribution < -0.4 is 11.5 Å². The van der Waals surface area contributed by atoms with E-state index in [0.717, 1.165) is 6.33 Å². The number of ether oxygens (including phenoxy) is 2. The molecule has 7 heterocycles. The van der Waals surface area contributed by atoms with Crippen LogP contribution in [0.25, 0.3) is 22.3 Å². The zero-order chi connectivity index (χ0) is 31.0. The summed E-state index contributed by atoms with van der Waals surface area (Å²) in [5.41, 5.74) is 12.4. The molecule has 3 aliphatic rings. The van der Waals surface area contributed by atoms with Crippen molar-refractivity contribution in [1.82, 2.24) is 39.0 Å².